The molecule has 18 heavy (non-hydrogen) atoms. The predicted octanol–water partition coefficient (Wildman–Crippen LogP) is 4.62. The fourth-order valence-corrected chi connectivity index (χ4v) is 1.67. The molecule has 1 aromatic carbocycles. The van der Waals surface area contributed by atoms with Crippen LogP contribution in [0.15, 0.2) is 29.3 Å². The molecular weight excluding hydrogens is 407 g/mol. The van der Waals surface area contributed by atoms with Crippen LogP contribution in [0.5, 0.6) is 5.75 Å². The van der Waals surface area contributed by atoms with Crippen molar-refractivity contribution in [3.8, 4) is 5.75 Å². The van der Waals surface area contributed by atoms with Crippen molar-refractivity contribution < 1.29 is 15.6 Å². The molecule has 0 radical (unpaired) electrons. The molecule has 0 N–H and O–H groups in total. The van der Waals surface area contributed by atoms with Crippen molar-refractivity contribution in [1.29, 1.82) is 0 Å². The Kier molecular flexibility index (Phi) is 8.94. The number of hydrogen-bond donors (Lipinski definition) is 0. The average Bonchev–Trinajstić information content (AvgIpc) is 2.91. The number of rotatable bonds is 3. The first-order valence-electron chi connectivity index (χ1n) is 5.48. The predicted molar refractivity (Wildman–Crippen MR) is 80.2 cm³/mol. The molecule has 1 fully saturated rings. The van der Waals surface area contributed by atoms with E-state index in [0.717, 1.165) is 24.4 Å². The fourth-order valence-electron chi connectivity index (χ4n) is 1.67. The van der Waals surface area contributed by atoms with E-state index in [1.54, 1.807) is 7.11 Å². The van der Waals surface area contributed by atoms with Crippen molar-refractivity contribution in [3.05, 3.63) is 29.6 Å². The summed E-state index contributed by atoms with van der Waals surface area (Å²) >= 11 is 6.00. The third-order valence-electron chi connectivity index (χ3n) is 2.49. The van der Waals surface area contributed by atoms with Gasteiger partial charge in [0.1, 0.15) is 11.4 Å². The van der Waals surface area contributed by atoms with Crippen LogP contribution in [0, 0.1) is 0 Å². The summed E-state index contributed by atoms with van der Waals surface area (Å²) in [6, 6.07) is 8.07. The van der Waals surface area contributed by atoms with E-state index < -0.39 is 0 Å². The molecule has 1 heterocycles. The molecule has 1 aromatic rings. The van der Waals surface area contributed by atoms with Crippen LogP contribution < -0.4 is 4.74 Å². The molecule has 1 saturated heterocycles. The van der Waals surface area contributed by atoms with Crippen LogP contribution in [-0.2, 0) is 10.9 Å². The second-order valence-electron chi connectivity index (χ2n) is 3.61. The van der Waals surface area contributed by atoms with Crippen LogP contribution in [0.2, 0.25) is 0 Å². The van der Waals surface area contributed by atoms with Crippen molar-refractivity contribution in [3.63, 3.8) is 0 Å². The maximum absolute atomic E-state index is 5.22. The summed E-state index contributed by atoms with van der Waals surface area (Å²) in [5.74, 6) is 0.812. The summed E-state index contributed by atoms with van der Waals surface area (Å²) in [7, 11) is 2.91. The van der Waals surface area contributed by atoms with Crippen LogP contribution >= 0.6 is 28.5 Å². The van der Waals surface area contributed by atoms with Crippen LogP contribution in [0.3, 0.4) is 0 Å². The molecule has 1 aliphatic rings. The number of nitrogens with zero attached hydrogens (tertiary/aromatic N) is 2. The summed E-state index contributed by atoms with van der Waals surface area (Å²) in [4.78, 5) is 4.42. The van der Waals surface area contributed by atoms with Gasteiger partial charge >= 0.3 is 39.3 Å². The van der Waals surface area contributed by atoms with Gasteiger partial charge in [-0.05, 0) is 18.3 Å². The van der Waals surface area contributed by atoms with E-state index in [-0.39, 0.29) is 0 Å². The molecule has 3 nitrogen and oxygen atoms in total. The molecular formula is C12H15Br2N2NiO. The van der Waals surface area contributed by atoms with E-state index in [9.17, 15) is 0 Å². The normalized spacial score (nSPS) is 18.7. The van der Waals surface area contributed by atoms with Gasteiger partial charge in [0.15, 0.2) is 0 Å². The molecule has 6 heteroatoms. The first-order chi connectivity index (χ1) is 8.81. The molecule has 1 aliphatic heterocycles. The van der Waals surface area contributed by atoms with E-state index in [1.165, 1.54) is 17.3 Å². The van der Waals surface area contributed by atoms with Gasteiger partial charge in [-0.3, -0.25) is 4.99 Å². The summed E-state index contributed by atoms with van der Waals surface area (Å²) in [6.45, 7) is 0.975. The Labute approximate surface area is 128 Å². The summed E-state index contributed by atoms with van der Waals surface area (Å²) in [6.07, 6.45) is 4.23. The second kappa shape index (κ2) is 9.96. The Morgan fingerprint density at radius 2 is 2.17 bits per heavy atom. The number of halogens is 2. The van der Waals surface area contributed by atoms with Crippen molar-refractivity contribution in [2.75, 3.05) is 13.7 Å². The van der Waals surface area contributed by atoms with Gasteiger partial charge in [0.05, 0.1) is 7.11 Å². The van der Waals surface area contributed by atoms with Crippen LogP contribution in [-0.4, -0.2) is 25.9 Å². The van der Waals surface area contributed by atoms with E-state index in [1.807, 2.05) is 30.5 Å². The number of aliphatic imine (C=N–C) groups is 1. The third-order valence-corrected chi connectivity index (χ3v) is 2.49. The Bertz CT molecular complexity index is 371. The zero-order valence-electron chi connectivity index (χ0n) is 9.96. The Morgan fingerprint density at radius 3 is 2.78 bits per heavy atom. The molecule has 103 valence electrons. The van der Waals surface area contributed by atoms with Gasteiger partial charge in [0.2, 0.25) is 0 Å². The van der Waals surface area contributed by atoms with Gasteiger partial charge in [0.25, 0.3) is 0 Å². The Morgan fingerprint density at radius 1 is 1.44 bits per heavy atom. The van der Waals surface area contributed by atoms with Crippen molar-refractivity contribution in [1.82, 2.24) is 0 Å². The minimum absolute atomic E-state index is 0.301. The SMILES string of the molecule is COc1ccccc1N=CC1CCC[N-]1.[Br][Ni+][Br]. The number of hydrogen-bond acceptors (Lipinski definition) is 2. The zero-order valence-corrected chi connectivity index (χ0v) is 14.1. The van der Waals surface area contributed by atoms with Gasteiger partial charge in [0, 0.05) is 0 Å². The fraction of sp³-hybridized carbons (Fsp3) is 0.417. The first kappa shape index (κ1) is 16.2. The van der Waals surface area contributed by atoms with Crippen molar-refractivity contribution >= 4 is 40.4 Å². The Balaban J connectivity index is 0.000000492. The van der Waals surface area contributed by atoms with E-state index in [0.29, 0.717) is 6.04 Å². The molecule has 0 saturated carbocycles. The van der Waals surface area contributed by atoms with Crippen LogP contribution in [0.25, 0.3) is 5.32 Å². The van der Waals surface area contributed by atoms with Gasteiger partial charge in [-0.25, -0.2) is 0 Å². The minimum atomic E-state index is 0.301. The molecule has 1 unspecified atom stereocenters. The zero-order chi connectivity index (χ0) is 13.2. The van der Waals surface area contributed by atoms with E-state index in [2.05, 4.69) is 38.8 Å². The van der Waals surface area contributed by atoms with Crippen LogP contribution in [0.1, 0.15) is 12.8 Å². The van der Waals surface area contributed by atoms with Gasteiger partial charge in [-0.2, -0.15) is 0 Å². The summed E-state index contributed by atoms with van der Waals surface area (Å²) in [5, 5.41) is 4.42. The van der Waals surface area contributed by atoms with Crippen molar-refractivity contribution in [2.45, 2.75) is 18.9 Å². The third kappa shape index (κ3) is 5.83. The van der Waals surface area contributed by atoms with E-state index >= 15 is 0 Å². The molecule has 0 bridgehead atoms. The average molecular weight is 422 g/mol. The summed E-state index contributed by atoms with van der Waals surface area (Å²) in [5.41, 5.74) is 0.877. The monoisotopic (exact) mass is 419 g/mol. The van der Waals surface area contributed by atoms with Gasteiger partial charge in [-0.15, -0.1) is 6.54 Å². The maximum atomic E-state index is 5.22. The molecule has 1 atom stereocenters. The molecule has 0 aliphatic carbocycles. The molecule has 0 amide bonds. The second-order valence-corrected chi connectivity index (χ2v) is 8.59. The number of methoxy groups -OCH3 is 1. The number of para-hydroxylation sites is 2. The van der Waals surface area contributed by atoms with E-state index in [4.69, 9.17) is 4.74 Å². The van der Waals surface area contributed by atoms with Crippen LogP contribution in [0.4, 0.5) is 5.69 Å². The van der Waals surface area contributed by atoms with Crippen molar-refractivity contribution in [2.24, 2.45) is 4.99 Å². The number of benzene rings is 1. The molecule has 0 spiro atoms. The van der Waals surface area contributed by atoms with Gasteiger partial charge < -0.3 is 10.1 Å². The topological polar surface area (TPSA) is 35.7 Å². The molecule has 2 rings (SSSR count). The standard InChI is InChI=1S/C12H15N2O.2BrH.Ni/c1-15-12-7-3-2-6-11(12)14-9-10-5-4-8-13-10;;;/h2-3,6-7,9-10H,4-5,8H2,1H3;2*1H;/q-1;;;+3/p-2. The first-order valence-corrected chi connectivity index (χ1v) is 10.4. The number of ether oxygens (including phenoxy) is 1. The Hall–Kier alpha value is 0.104. The quantitative estimate of drug-likeness (QED) is 0.518. The van der Waals surface area contributed by atoms with Gasteiger partial charge in [-0.1, -0.05) is 31.0 Å². The molecule has 0 aromatic heterocycles. The summed E-state index contributed by atoms with van der Waals surface area (Å²) < 4.78 is 5.22.